The lowest BCUT2D eigenvalue weighted by Crippen LogP contribution is -2.10. The van der Waals surface area contributed by atoms with Crippen LogP contribution in [0.2, 0.25) is 0 Å². The predicted molar refractivity (Wildman–Crippen MR) is 65.0 cm³/mol. The van der Waals surface area contributed by atoms with Gasteiger partial charge in [0, 0.05) is 5.75 Å². The third kappa shape index (κ3) is 2.18. The average Bonchev–Trinajstić information content (AvgIpc) is 2.18. The van der Waals surface area contributed by atoms with E-state index in [1.807, 2.05) is 0 Å². The average molecular weight is 217 g/mol. The summed E-state index contributed by atoms with van der Waals surface area (Å²) in [5.74, 6) is 1.66. The van der Waals surface area contributed by atoms with E-state index in [2.05, 4.69) is 30.5 Å². The zero-order valence-corrected chi connectivity index (χ0v) is 9.81. The third-order valence-electron chi connectivity index (χ3n) is 3.09. The summed E-state index contributed by atoms with van der Waals surface area (Å²) in [6.07, 6.45) is 5.93. The second-order valence-electron chi connectivity index (χ2n) is 4.09. The highest BCUT2D eigenvalue weighted by Crippen LogP contribution is 2.38. The topological polar surface area (TPSA) is 23.8 Å². The van der Waals surface area contributed by atoms with Gasteiger partial charge in [-0.25, -0.2) is 0 Å². The fourth-order valence-electron chi connectivity index (χ4n) is 2.03. The van der Waals surface area contributed by atoms with Crippen LogP contribution in [0, 0.1) is 11.3 Å². The molecule has 2 heteroatoms. The summed E-state index contributed by atoms with van der Waals surface area (Å²) in [7, 11) is 0. The van der Waals surface area contributed by atoms with Gasteiger partial charge in [-0.2, -0.15) is 17.0 Å². The summed E-state index contributed by atoms with van der Waals surface area (Å²) in [4.78, 5) is 0. The van der Waals surface area contributed by atoms with Gasteiger partial charge in [-0.1, -0.05) is 18.6 Å². The molecule has 0 N–H and O–H groups in total. The molecule has 78 valence electrons. The Labute approximate surface area is 95.5 Å². The fourth-order valence-corrected chi connectivity index (χ4v) is 2.54. The molecule has 0 amide bonds. The third-order valence-corrected chi connectivity index (χ3v) is 3.72. The van der Waals surface area contributed by atoms with Crippen LogP contribution in [0.3, 0.4) is 0 Å². The Bertz CT molecular complexity index is 388. The van der Waals surface area contributed by atoms with Crippen LogP contribution in [-0.4, -0.2) is 6.26 Å². The molecule has 1 nitrogen and oxygen atoms in total. The lowest BCUT2D eigenvalue weighted by molar-refractivity contribution is 0.419. The highest BCUT2D eigenvalue weighted by Gasteiger charge is 2.22. The summed E-state index contributed by atoms with van der Waals surface area (Å²) in [6, 6.07) is 8.73. The molecule has 0 aromatic heterocycles. The standard InChI is InChI=1S/C13H15NS/c1-15-9-10-5-6-13(11-3-2-4-11)12(7-10)8-14/h5-7,11H,2-4,9H2,1H3. The molecule has 15 heavy (non-hydrogen) atoms. The van der Waals surface area contributed by atoms with E-state index >= 15 is 0 Å². The quantitative estimate of drug-likeness (QED) is 0.771. The van der Waals surface area contributed by atoms with Crippen molar-refractivity contribution in [3.63, 3.8) is 0 Å². The van der Waals surface area contributed by atoms with Gasteiger partial charge in [0.2, 0.25) is 0 Å². The molecule has 0 spiro atoms. The van der Waals surface area contributed by atoms with Crippen molar-refractivity contribution in [2.45, 2.75) is 30.9 Å². The Balaban J connectivity index is 2.27. The molecule has 0 bridgehead atoms. The molecule has 1 aromatic carbocycles. The van der Waals surface area contributed by atoms with E-state index < -0.39 is 0 Å². The molecule has 0 heterocycles. The monoisotopic (exact) mass is 217 g/mol. The molecule has 1 aliphatic carbocycles. The van der Waals surface area contributed by atoms with Gasteiger partial charge >= 0.3 is 0 Å². The molecule has 1 aliphatic rings. The molecule has 0 radical (unpaired) electrons. The lowest BCUT2D eigenvalue weighted by Gasteiger charge is -2.26. The number of benzene rings is 1. The van der Waals surface area contributed by atoms with Gasteiger partial charge in [0.05, 0.1) is 11.6 Å². The summed E-state index contributed by atoms with van der Waals surface area (Å²) >= 11 is 1.80. The first kappa shape index (κ1) is 10.6. The summed E-state index contributed by atoms with van der Waals surface area (Å²) in [5, 5.41) is 9.12. The van der Waals surface area contributed by atoms with Crippen molar-refractivity contribution in [1.29, 1.82) is 5.26 Å². The number of hydrogen-bond acceptors (Lipinski definition) is 2. The molecular weight excluding hydrogens is 202 g/mol. The van der Waals surface area contributed by atoms with Crippen molar-refractivity contribution in [3.05, 3.63) is 34.9 Å². The Morgan fingerprint density at radius 3 is 2.80 bits per heavy atom. The molecule has 1 fully saturated rings. The minimum Gasteiger partial charge on any atom is -0.192 e. The van der Waals surface area contributed by atoms with Crippen LogP contribution in [0.5, 0.6) is 0 Å². The van der Waals surface area contributed by atoms with Crippen molar-refractivity contribution in [1.82, 2.24) is 0 Å². The fraction of sp³-hybridized carbons (Fsp3) is 0.462. The summed E-state index contributed by atoms with van der Waals surface area (Å²) < 4.78 is 0. The van der Waals surface area contributed by atoms with Crippen molar-refractivity contribution in [2.75, 3.05) is 6.26 Å². The molecule has 2 rings (SSSR count). The van der Waals surface area contributed by atoms with Crippen molar-refractivity contribution in [3.8, 4) is 6.07 Å². The maximum atomic E-state index is 9.12. The van der Waals surface area contributed by atoms with Gasteiger partial charge in [-0.3, -0.25) is 0 Å². The molecule has 0 atom stereocenters. The van der Waals surface area contributed by atoms with Gasteiger partial charge in [0.1, 0.15) is 0 Å². The predicted octanol–water partition coefficient (Wildman–Crippen LogP) is 3.69. The van der Waals surface area contributed by atoms with E-state index in [-0.39, 0.29) is 0 Å². The van der Waals surface area contributed by atoms with E-state index in [1.54, 1.807) is 11.8 Å². The maximum Gasteiger partial charge on any atom is 0.0994 e. The van der Waals surface area contributed by atoms with E-state index in [4.69, 9.17) is 5.26 Å². The summed E-state index contributed by atoms with van der Waals surface area (Å²) in [5.41, 5.74) is 3.43. The molecular formula is C13H15NS. The zero-order valence-electron chi connectivity index (χ0n) is 8.99. The van der Waals surface area contributed by atoms with Crippen LogP contribution in [-0.2, 0) is 5.75 Å². The molecule has 0 unspecified atom stereocenters. The van der Waals surface area contributed by atoms with Crippen LogP contribution in [0.25, 0.3) is 0 Å². The van der Waals surface area contributed by atoms with Crippen LogP contribution >= 0.6 is 11.8 Å². The SMILES string of the molecule is CSCc1ccc(C2CCC2)c(C#N)c1. The van der Waals surface area contributed by atoms with E-state index in [0.717, 1.165) is 11.3 Å². The summed E-state index contributed by atoms with van der Waals surface area (Å²) in [6.45, 7) is 0. The Morgan fingerprint density at radius 1 is 1.47 bits per heavy atom. The smallest absolute Gasteiger partial charge is 0.0994 e. The van der Waals surface area contributed by atoms with Gasteiger partial charge in [-0.15, -0.1) is 0 Å². The largest absolute Gasteiger partial charge is 0.192 e. The zero-order chi connectivity index (χ0) is 10.7. The second-order valence-corrected chi connectivity index (χ2v) is 4.96. The first-order valence-electron chi connectivity index (χ1n) is 5.37. The lowest BCUT2D eigenvalue weighted by atomic mass is 9.78. The number of nitriles is 1. The molecule has 0 aliphatic heterocycles. The number of rotatable bonds is 3. The second kappa shape index (κ2) is 4.72. The van der Waals surface area contributed by atoms with E-state index in [1.165, 1.54) is 30.4 Å². The van der Waals surface area contributed by atoms with Gasteiger partial charge in [0.25, 0.3) is 0 Å². The highest BCUT2D eigenvalue weighted by atomic mass is 32.2. The normalized spacial score (nSPS) is 15.7. The Morgan fingerprint density at radius 2 is 2.27 bits per heavy atom. The number of thioether (sulfide) groups is 1. The first-order valence-corrected chi connectivity index (χ1v) is 6.76. The molecule has 1 saturated carbocycles. The first-order chi connectivity index (χ1) is 7.35. The molecule has 0 saturated heterocycles. The van der Waals surface area contributed by atoms with Crippen molar-refractivity contribution < 1.29 is 0 Å². The van der Waals surface area contributed by atoms with Gasteiger partial charge < -0.3 is 0 Å². The minimum absolute atomic E-state index is 0.656. The van der Waals surface area contributed by atoms with Crippen LogP contribution < -0.4 is 0 Å². The van der Waals surface area contributed by atoms with E-state index in [9.17, 15) is 0 Å². The van der Waals surface area contributed by atoms with Crippen LogP contribution in [0.15, 0.2) is 18.2 Å². The highest BCUT2D eigenvalue weighted by molar-refractivity contribution is 7.97. The molecule has 1 aromatic rings. The number of nitrogens with zero attached hydrogens (tertiary/aromatic N) is 1. The Hall–Kier alpha value is -0.940. The van der Waals surface area contributed by atoms with Crippen LogP contribution in [0.4, 0.5) is 0 Å². The Kier molecular flexibility index (Phi) is 3.33. The van der Waals surface area contributed by atoms with Crippen molar-refractivity contribution in [2.24, 2.45) is 0 Å². The van der Waals surface area contributed by atoms with Gasteiger partial charge in [-0.05, 0) is 42.2 Å². The maximum absolute atomic E-state index is 9.12. The van der Waals surface area contributed by atoms with Crippen molar-refractivity contribution >= 4 is 11.8 Å². The minimum atomic E-state index is 0.656. The van der Waals surface area contributed by atoms with Gasteiger partial charge in [0.15, 0.2) is 0 Å². The van der Waals surface area contributed by atoms with Crippen LogP contribution in [0.1, 0.15) is 41.9 Å². The van der Waals surface area contributed by atoms with E-state index in [0.29, 0.717) is 5.92 Å². The number of hydrogen-bond donors (Lipinski definition) is 0.